The van der Waals surface area contributed by atoms with Crippen molar-refractivity contribution >= 4 is 23.5 Å². The molecule has 2 rings (SSSR count). The third kappa shape index (κ3) is 3.15. The number of amides is 1. The fraction of sp³-hybridized carbons (Fsp3) is 0.429. The molecule has 1 saturated heterocycles. The molecule has 1 heterocycles. The summed E-state index contributed by atoms with van der Waals surface area (Å²) in [6.45, 7) is 2.15. The quantitative estimate of drug-likeness (QED) is 0.636. The second kappa shape index (κ2) is 6.39. The molecule has 21 heavy (non-hydrogen) atoms. The highest BCUT2D eigenvalue weighted by molar-refractivity contribution is 6.30. The van der Waals surface area contributed by atoms with E-state index < -0.39 is 40.1 Å². The van der Waals surface area contributed by atoms with E-state index in [0.29, 0.717) is 19.4 Å². The fourth-order valence-corrected chi connectivity index (χ4v) is 2.48. The summed E-state index contributed by atoms with van der Waals surface area (Å²) in [6, 6.07) is 0.746. The number of ether oxygens (including phenoxy) is 1. The van der Waals surface area contributed by atoms with Crippen molar-refractivity contribution in [1.82, 2.24) is 4.90 Å². The van der Waals surface area contributed by atoms with Crippen LogP contribution in [0.3, 0.4) is 0 Å². The predicted molar refractivity (Wildman–Crippen MR) is 72.1 cm³/mol. The number of carbonyl (C=O) groups is 2. The monoisotopic (exact) mass is 317 g/mol. The van der Waals surface area contributed by atoms with E-state index in [1.54, 1.807) is 6.92 Å². The van der Waals surface area contributed by atoms with Gasteiger partial charge in [0, 0.05) is 6.54 Å². The minimum absolute atomic E-state index is 0.196. The molecule has 4 nitrogen and oxygen atoms in total. The molecule has 1 unspecified atom stereocenters. The van der Waals surface area contributed by atoms with Crippen LogP contribution in [0, 0.1) is 11.6 Å². The Hall–Kier alpha value is -1.69. The van der Waals surface area contributed by atoms with Gasteiger partial charge in [0.1, 0.15) is 17.7 Å². The van der Waals surface area contributed by atoms with E-state index >= 15 is 0 Å². The summed E-state index contributed by atoms with van der Waals surface area (Å²) in [4.78, 5) is 25.3. The third-order valence-corrected chi connectivity index (χ3v) is 3.60. The Morgan fingerprint density at radius 2 is 2.10 bits per heavy atom. The van der Waals surface area contributed by atoms with Crippen LogP contribution in [0.5, 0.6) is 0 Å². The van der Waals surface area contributed by atoms with E-state index in [2.05, 4.69) is 0 Å². The fourth-order valence-electron chi connectivity index (χ4n) is 2.33. The van der Waals surface area contributed by atoms with Crippen LogP contribution in [0.2, 0.25) is 5.02 Å². The Morgan fingerprint density at radius 3 is 2.76 bits per heavy atom. The average Bonchev–Trinajstić information content (AvgIpc) is 2.91. The third-order valence-electron chi connectivity index (χ3n) is 3.31. The molecule has 1 aliphatic rings. The van der Waals surface area contributed by atoms with Gasteiger partial charge in [-0.3, -0.25) is 4.79 Å². The van der Waals surface area contributed by atoms with Gasteiger partial charge < -0.3 is 9.64 Å². The predicted octanol–water partition coefficient (Wildman–Crippen LogP) is 2.79. The van der Waals surface area contributed by atoms with Crippen LogP contribution < -0.4 is 0 Å². The van der Waals surface area contributed by atoms with Gasteiger partial charge in [-0.25, -0.2) is 13.6 Å². The van der Waals surface area contributed by atoms with Gasteiger partial charge in [-0.1, -0.05) is 11.6 Å². The van der Waals surface area contributed by atoms with E-state index in [1.807, 2.05) is 0 Å². The van der Waals surface area contributed by atoms with E-state index in [-0.39, 0.29) is 6.61 Å². The number of likely N-dealkylation sites (tertiary alicyclic amines) is 1. The first kappa shape index (κ1) is 15.7. The Bertz CT molecular complexity index is 580. The van der Waals surface area contributed by atoms with Gasteiger partial charge >= 0.3 is 5.97 Å². The molecule has 0 spiro atoms. The Balaban J connectivity index is 2.27. The molecule has 0 saturated carbocycles. The van der Waals surface area contributed by atoms with Crippen molar-refractivity contribution < 1.29 is 23.1 Å². The molecule has 7 heteroatoms. The van der Waals surface area contributed by atoms with Crippen molar-refractivity contribution in [2.24, 2.45) is 0 Å². The number of halogens is 3. The van der Waals surface area contributed by atoms with Crippen molar-refractivity contribution in [2.75, 3.05) is 13.2 Å². The van der Waals surface area contributed by atoms with Gasteiger partial charge in [0.15, 0.2) is 0 Å². The number of carbonyl (C=O) groups excluding carboxylic acids is 2. The first-order chi connectivity index (χ1) is 9.95. The van der Waals surface area contributed by atoms with Crippen molar-refractivity contribution in [3.05, 3.63) is 34.4 Å². The van der Waals surface area contributed by atoms with Crippen molar-refractivity contribution in [1.29, 1.82) is 0 Å². The summed E-state index contributed by atoms with van der Waals surface area (Å²) >= 11 is 5.46. The summed E-state index contributed by atoms with van der Waals surface area (Å²) in [5.41, 5.74) is -0.437. The number of benzene rings is 1. The van der Waals surface area contributed by atoms with Crippen LogP contribution in [0.25, 0.3) is 0 Å². The minimum Gasteiger partial charge on any atom is -0.464 e. The van der Waals surface area contributed by atoms with Gasteiger partial charge in [-0.2, -0.15) is 0 Å². The van der Waals surface area contributed by atoms with Gasteiger partial charge in [0.25, 0.3) is 5.91 Å². The number of hydrogen-bond donors (Lipinski definition) is 0. The molecule has 1 atom stereocenters. The van der Waals surface area contributed by atoms with E-state index in [0.717, 1.165) is 12.1 Å². The summed E-state index contributed by atoms with van der Waals surface area (Å²) in [6.07, 6.45) is 1.05. The number of esters is 1. The average molecular weight is 318 g/mol. The highest BCUT2D eigenvalue weighted by atomic mass is 35.5. The molecule has 0 N–H and O–H groups in total. The standard InChI is InChI=1S/C14H14ClF2NO3/c1-2-21-14(20)12-4-3-5-18(12)13(19)8-6-11(17)9(15)7-10(8)16/h6-7,12H,2-5H2,1H3. The van der Waals surface area contributed by atoms with Gasteiger partial charge in [0.05, 0.1) is 17.2 Å². The maximum Gasteiger partial charge on any atom is 0.328 e. The zero-order valence-corrected chi connectivity index (χ0v) is 12.1. The molecule has 0 bridgehead atoms. The van der Waals surface area contributed by atoms with Crippen molar-refractivity contribution in [3.63, 3.8) is 0 Å². The van der Waals surface area contributed by atoms with Crippen LogP contribution in [0.4, 0.5) is 8.78 Å². The lowest BCUT2D eigenvalue weighted by Crippen LogP contribution is -2.41. The smallest absolute Gasteiger partial charge is 0.328 e. The number of hydrogen-bond acceptors (Lipinski definition) is 3. The molecular formula is C14H14ClF2NO3. The second-order valence-corrected chi connectivity index (χ2v) is 5.06. The van der Waals surface area contributed by atoms with Gasteiger partial charge in [-0.05, 0) is 31.9 Å². The van der Waals surface area contributed by atoms with E-state index in [1.165, 1.54) is 4.90 Å². The summed E-state index contributed by atoms with van der Waals surface area (Å²) in [5, 5.41) is -0.396. The lowest BCUT2D eigenvalue weighted by molar-refractivity contribution is -0.147. The molecule has 114 valence electrons. The molecular weight excluding hydrogens is 304 g/mol. The summed E-state index contributed by atoms with van der Waals surface area (Å²) in [5.74, 6) is -3.06. The molecule has 1 amide bonds. The zero-order valence-electron chi connectivity index (χ0n) is 11.4. The Kier molecular flexibility index (Phi) is 4.77. The van der Waals surface area contributed by atoms with Crippen molar-refractivity contribution in [3.8, 4) is 0 Å². The summed E-state index contributed by atoms with van der Waals surface area (Å²) in [7, 11) is 0. The van der Waals surface area contributed by atoms with Crippen LogP contribution in [-0.4, -0.2) is 36.0 Å². The van der Waals surface area contributed by atoms with Gasteiger partial charge in [-0.15, -0.1) is 0 Å². The Morgan fingerprint density at radius 1 is 1.38 bits per heavy atom. The maximum atomic E-state index is 13.8. The van der Waals surface area contributed by atoms with E-state index in [4.69, 9.17) is 16.3 Å². The lowest BCUT2D eigenvalue weighted by Gasteiger charge is -2.23. The van der Waals surface area contributed by atoms with Gasteiger partial charge in [0.2, 0.25) is 0 Å². The molecule has 1 aromatic carbocycles. The van der Waals surface area contributed by atoms with Crippen LogP contribution in [-0.2, 0) is 9.53 Å². The molecule has 1 aliphatic heterocycles. The van der Waals surface area contributed by atoms with Crippen molar-refractivity contribution in [2.45, 2.75) is 25.8 Å². The number of rotatable bonds is 3. The summed E-state index contributed by atoms with van der Waals surface area (Å²) < 4.78 is 32.1. The second-order valence-electron chi connectivity index (χ2n) is 4.65. The highest BCUT2D eigenvalue weighted by Crippen LogP contribution is 2.25. The SMILES string of the molecule is CCOC(=O)C1CCCN1C(=O)c1cc(F)c(Cl)cc1F. The Labute approximate surface area is 125 Å². The molecule has 0 aliphatic carbocycles. The number of nitrogens with zero attached hydrogens (tertiary/aromatic N) is 1. The highest BCUT2D eigenvalue weighted by Gasteiger charge is 2.36. The van der Waals surface area contributed by atoms with Crippen LogP contribution >= 0.6 is 11.6 Å². The lowest BCUT2D eigenvalue weighted by atomic mass is 10.1. The molecule has 0 aromatic heterocycles. The largest absolute Gasteiger partial charge is 0.464 e. The zero-order chi connectivity index (χ0) is 15.6. The topological polar surface area (TPSA) is 46.6 Å². The van der Waals surface area contributed by atoms with Crippen LogP contribution in [0.1, 0.15) is 30.1 Å². The minimum atomic E-state index is -0.916. The van der Waals surface area contributed by atoms with E-state index in [9.17, 15) is 18.4 Å². The molecule has 1 fully saturated rings. The maximum absolute atomic E-state index is 13.8. The molecule has 1 aromatic rings. The normalized spacial score (nSPS) is 17.9. The first-order valence-electron chi connectivity index (χ1n) is 6.57. The van der Waals surface area contributed by atoms with Crippen LogP contribution in [0.15, 0.2) is 12.1 Å². The first-order valence-corrected chi connectivity index (χ1v) is 6.95. The molecule has 0 radical (unpaired) electrons.